The zero-order valence-corrected chi connectivity index (χ0v) is 22.0. The molecule has 1 aromatic heterocycles. The van der Waals surface area contributed by atoms with Crippen LogP contribution in [0.15, 0.2) is 66.9 Å². The lowest BCUT2D eigenvalue weighted by Gasteiger charge is -2.24. The van der Waals surface area contributed by atoms with Crippen molar-refractivity contribution in [1.29, 1.82) is 0 Å². The van der Waals surface area contributed by atoms with E-state index >= 15 is 0 Å². The van der Waals surface area contributed by atoms with Crippen molar-refractivity contribution in [3.05, 3.63) is 87.5 Å². The molecule has 1 aliphatic heterocycles. The van der Waals surface area contributed by atoms with Gasteiger partial charge in [-0.2, -0.15) is 0 Å². The number of benzene rings is 2. The smallest absolute Gasteiger partial charge is 0.325 e. The summed E-state index contributed by atoms with van der Waals surface area (Å²) >= 11 is 1.94. The first kappa shape index (κ1) is 27.4. The molecule has 0 aliphatic carbocycles. The van der Waals surface area contributed by atoms with E-state index in [2.05, 4.69) is 15.6 Å². The predicted molar refractivity (Wildman–Crippen MR) is 143 cm³/mol. The van der Waals surface area contributed by atoms with Gasteiger partial charge >= 0.3 is 6.03 Å². The van der Waals surface area contributed by atoms with Gasteiger partial charge in [-0.25, -0.2) is 14.1 Å². The molecule has 198 valence electrons. The van der Waals surface area contributed by atoms with E-state index in [1.807, 2.05) is 22.6 Å². The molecule has 4 N–H and O–H groups in total. The van der Waals surface area contributed by atoms with Gasteiger partial charge in [0, 0.05) is 21.9 Å². The molecule has 12 heteroatoms. The fraction of sp³-hybridized carbons (Fsp3) is 0.231. The maximum atomic E-state index is 14.4. The van der Waals surface area contributed by atoms with Gasteiger partial charge in [0.1, 0.15) is 36.4 Å². The van der Waals surface area contributed by atoms with E-state index in [0.29, 0.717) is 20.6 Å². The Morgan fingerprint density at radius 3 is 2.61 bits per heavy atom. The summed E-state index contributed by atoms with van der Waals surface area (Å²) in [6.07, 6.45) is 0.417. The van der Waals surface area contributed by atoms with Gasteiger partial charge in [-0.1, -0.05) is 18.2 Å². The number of hydrogen-bond acceptors (Lipinski definition) is 7. The van der Waals surface area contributed by atoms with Crippen LogP contribution in [-0.2, 0) is 16.0 Å². The second-order valence-corrected chi connectivity index (χ2v) is 9.71. The number of amides is 4. The number of aromatic nitrogens is 1. The number of aliphatic hydroxyl groups excluding tert-OH is 2. The summed E-state index contributed by atoms with van der Waals surface area (Å²) < 4.78 is 20.5. The fourth-order valence-corrected chi connectivity index (χ4v) is 4.29. The van der Waals surface area contributed by atoms with Crippen LogP contribution in [0.4, 0.5) is 14.9 Å². The van der Waals surface area contributed by atoms with Gasteiger partial charge in [0.05, 0.1) is 12.3 Å². The third kappa shape index (κ3) is 6.44. The first-order valence-electron chi connectivity index (χ1n) is 11.6. The number of anilines is 1. The molecule has 3 atom stereocenters. The van der Waals surface area contributed by atoms with Gasteiger partial charge in [0.15, 0.2) is 0 Å². The fourth-order valence-electron chi connectivity index (χ4n) is 3.84. The zero-order chi connectivity index (χ0) is 27.2. The minimum Gasteiger partial charge on any atom is -0.491 e. The Balaban J connectivity index is 1.56. The highest BCUT2D eigenvalue weighted by atomic mass is 127. The van der Waals surface area contributed by atoms with Crippen molar-refractivity contribution in [2.45, 2.75) is 24.6 Å². The van der Waals surface area contributed by atoms with Gasteiger partial charge in [-0.3, -0.25) is 14.6 Å². The number of nitrogens with zero attached hydrogens (tertiary/aromatic N) is 2. The Morgan fingerprint density at radius 1 is 1.18 bits per heavy atom. The number of nitrogens with one attached hydrogen (secondary N) is 2. The lowest BCUT2D eigenvalue weighted by atomic mass is 10.0. The van der Waals surface area contributed by atoms with Crippen LogP contribution in [0, 0.1) is 9.39 Å². The van der Waals surface area contributed by atoms with Gasteiger partial charge in [0.25, 0.3) is 5.91 Å². The SMILES string of the molecule is O=C(Nc1ccc(I)cc1F)[C@H](Cc1ccccn1)N1C(=O)N[C@H](c2ccc(OC[C@@H](O)CO)cc2)C1=O. The summed E-state index contributed by atoms with van der Waals surface area (Å²) in [6, 6.07) is 12.5. The molecule has 0 radical (unpaired) electrons. The number of urea groups is 1. The van der Waals surface area contributed by atoms with Crippen molar-refractivity contribution in [3.8, 4) is 5.75 Å². The number of imide groups is 1. The number of pyridine rings is 1. The second kappa shape index (κ2) is 12.3. The normalized spacial score (nSPS) is 16.6. The summed E-state index contributed by atoms with van der Waals surface area (Å²) in [5.74, 6) is -1.66. The van der Waals surface area contributed by atoms with E-state index in [0.717, 1.165) is 4.90 Å². The molecular weight excluding hydrogens is 610 g/mol. The summed E-state index contributed by atoms with van der Waals surface area (Å²) in [6.45, 7) is -0.561. The Kier molecular flexibility index (Phi) is 8.86. The van der Waals surface area contributed by atoms with E-state index in [1.165, 1.54) is 18.3 Å². The van der Waals surface area contributed by atoms with Crippen molar-refractivity contribution in [1.82, 2.24) is 15.2 Å². The molecule has 0 spiro atoms. The van der Waals surface area contributed by atoms with E-state index < -0.39 is 48.5 Å². The minimum absolute atomic E-state index is 0.0769. The molecule has 38 heavy (non-hydrogen) atoms. The molecule has 0 bridgehead atoms. The standard InChI is InChI=1S/C26H24FIN4O6/c27-20-11-16(28)6-9-21(20)30-24(35)22(12-17-3-1-2-10-29-17)32-25(36)23(31-26(32)37)15-4-7-19(8-5-15)38-14-18(34)13-33/h1-11,18,22-23,33-34H,12-14H2,(H,30,35)(H,31,37)/t18-,22-,23+/m0/s1. The van der Waals surface area contributed by atoms with E-state index in [4.69, 9.17) is 9.84 Å². The first-order valence-corrected chi connectivity index (χ1v) is 12.7. The van der Waals surface area contributed by atoms with Gasteiger partial charge in [-0.05, 0) is 70.6 Å². The van der Waals surface area contributed by atoms with Crippen LogP contribution in [0.2, 0.25) is 0 Å². The molecule has 2 heterocycles. The third-order valence-corrected chi connectivity index (χ3v) is 6.44. The largest absolute Gasteiger partial charge is 0.491 e. The molecule has 0 saturated carbocycles. The molecule has 0 unspecified atom stereocenters. The Morgan fingerprint density at radius 2 is 1.95 bits per heavy atom. The Hall–Kier alpha value is -3.62. The maximum absolute atomic E-state index is 14.4. The van der Waals surface area contributed by atoms with Gasteiger partial charge in [0.2, 0.25) is 5.91 Å². The molecule has 1 fully saturated rings. The van der Waals surface area contributed by atoms with Crippen molar-refractivity contribution in [3.63, 3.8) is 0 Å². The highest BCUT2D eigenvalue weighted by Gasteiger charge is 2.45. The molecule has 3 aromatic rings. The molecule has 4 amide bonds. The molecule has 10 nitrogen and oxygen atoms in total. The van der Waals surface area contributed by atoms with Gasteiger partial charge in [-0.15, -0.1) is 0 Å². The summed E-state index contributed by atoms with van der Waals surface area (Å²) in [5, 5.41) is 23.4. The van der Waals surface area contributed by atoms with Crippen LogP contribution in [0.25, 0.3) is 0 Å². The van der Waals surface area contributed by atoms with Crippen LogP contribution >= 0.6 is 22.6 Å². The number of ether oxygens (including phenoxy) is 1. The van der Waals surface area contributed by atoms with Crippen LogP contribution in [0.3, 0.4) is 0 Å². The molecule has 1 saturated heterocycles. The van der Waals surface area contributed by atoms with Crippen molar-refractivity contribution < 1.29 is 33.7 Å². The van der Waals surface area contributed by atoms with Crippen molar-refractivity contribution in [2.75, 3.05) is 18.5 Å². The lowest BCUT2D eigenvalue weighted by molar-refractivity contribution is -0.134. The Labute approximate surface area is 231 Å². The topological polar surface area (TPSA) is 141 Å². The molecule has 2 aromatic carbocycles. The van der Waals surface area contributed by atoms with Gasteiger partial charge < -0.3 is 25.6 Å². The molecule has 4 rings (SSSR count). The predicted octanol–water partition coefficient (Wildman–Crippen LogP) is 2.40. The number of carbonyl (C=O) groups is 3. The summed E-state index contributed by atoms with van der Waals surface area (Å²) in [7, 11) is 0. The van der Waals surface area contributed by atoms with E-state index in [9.17, 15) is 23.9 Å². The van der Waals surface area contributed by atoms with Crippen LogP contribution in [0.5, 0.6) is 5.75 Å². The summed E-state index contributed by atoms with van der Waals surface area (Å²) in [5.41, 5.74) is 0.833. The molecular formula is C26H24FIN4O6. The lowest BCUT2D eigenvalue weighted by Crippen LogP contribution is -2.49. The third-order valence-electron chi connectivity index (χ3n) is 5.77. The molecule has 1 aliphatic rings. The van der Waals surface area contributed by atoms with Crippen LogP contribution in [-0.4, -0.2) is 63.3 Å². The van der Waals surface area contributed by atoms with E-state index in [1.54, 1.807) is 48.5 Å². The monoisotopic (exact) mass is 634 g/mol. The van der Waals surface area contributed by atoms with Crippen LogP contribution < -0.4 is 15.4 Å². The van der Waals surface area contributed by atoms with Crippen molar-refractivity contribution in [2.24, 2.45) is 0 Å². The number of hydrogen-bond donors (Lipinski definition) is 4. The second-order valence-electron chi connectivity index (χ2n) is 8.46. The number of aliphatic hydroxyl groups is 2. The van der Waals surface area contributed by atoms with Crippen molar-refractivity contribution >= 4 is 46.1 Å². The number of halogens is 2. The highest BCUT2D eigenvalue weighted by Crippen LogP contribution is 2.27. The summed E-state index contributed by atoms with van der Waals surface area (Å²) in [4.78, 5) is 44.8. The quantitative estimate of drug-likeness (QED) is 0.198. The average molecular weight is 634 g/mol. The Bertz CT molecular complexity index is 1310. The first-order chi connectivity index (χ1) is 18.3. The highest BCUT2D eigenvalue weighted by molar-refractivity contribution is 14.1. The number of rotatable bonds is 10. The maximum Gasteiger partial charge on any atom is 0.325 e. The van der Waals surface area contributed by atoms with E-state index in [-0.39, 0.29) is 18.7 Å². The average Bonchev–Trinajstić information content (AvgIpc) is 3.21. The number of carbonyl (C=O) groups excluding carboxylic acids is 3. The zero-order valence-electron chi connectivity index (χ0n) is 19.9. The minimum atomic E-state index is -1.30. The van der Waals surface area contributed by atoms with Crippen LogP contribution in [0.1, 0.15) is 17.3 Å².